The molecule has 1 saturated heterocycles. The SMILES string of the molecule is CC(=O)Oc1ccc(N2C(=O)[C@@H]3[C@H](C2=O)[C@H]2C=C[C@@H]3C2=C(c2ccccc2)c2ccccc2)cc1. The minimum absolute atomic E-state index is 0.123. The van der Waals surface area contributed by atoms with Crippen LogP contribution in [0, 0.1) is 23.7 Å². The molecule has 1 saturated carbocycles. The number of anilines is 1. The predicted molar refractivity (Wildman–Crippen MR) is 132 cm³/mol. The number of nitrogens with zero attached hydrogens (tertiary/aromatic N) is 1. The molecule has 3 aliphatic rings. The topological polar surface area (TPSA) is 63.7 Å². The van der Waals surface area contributed by atoms with Gasteiger partial charge in [0, 0.05) is 18.8 Å². The molecule has 5 heteroatoms. The molecule has 1 aliphatic heterocycles. The van der Waals surface area contributed by atoms with Gasteiger partial charge in [-0.1, -0.05) is 72.8 Å². The van der Waals surface area contributed by atoms with E-state index in [0.29, 0.717) is 11.4 Å². The second-order valence-electron chi connectivity index (χ2n) is 9.15. The molecule has 3 aromatic carbocycles. The lowest BCUT2D eigenvalue weighted by molar-refractivity contribution is -0.132. The Morgan fingerprint density at radius 2 is 1.20 bits per heavy atom. The fraction of sp³-hybridized carbons (Fsp3) is 0.167. The van der Waals surface area contributed by atoms with E-state index in [1.165, 1.54) is 11.8 Å². The first kappa shape index (κ1) is 21.3. The molecule has 2 fully saturated rings. The van der Waals surface area contributed by atoms with Crippen LogP contribution < -0.4 is 9.64 Å². The van der Waals surface area contributed by atoms with Crippen molar-refractivity contribution in [2.45, 2.75) is 6.92 Å². The van der Waals surface area contributed by atoms with Crippen LogP contribution in [0.4, 0.5) is 5.69 Å². The summed E-state index contributed by atoms with van der Waals surface area (Å²) in [5.41, 5.74) is 4.94. The van der Waals surface area contributed by atoms with Crippen molar-refractivity contribution in [3.05, 3.63) is 114 Å². The van der Waals surface area contributed by atoms with Gasteiger partial charge in [-0.3, -0.25) is 14.4 Å². The van der Waals surface area contributed by atoms with Crippen LogP contribution in [0.1, 0.15) is 18.1 Å². The molecule has 2 bridgehead atoms. The zero-order valence-electron chi connectivity index (χ0n) is 19.1. The molecule has 5 nitrogen and oxygen atoms in total. The normalized spacial score (nSPS) is 24.1. The van der Waals surface area contributed by atoms with Gasteiger partial charge in [0.25, 0.3) is 0 Å². The van der Waals surface area contributed by atoms with E-state index in [2.05, 4.69) is 36.4 Å². The van der Waals surface area contributed by atoms with Crippen LogP contribution in [0.25, 0.3) is 5.57 Å². The summed E-state index contributed by atoms with van der Waals surface area (Å²) in [6, 6.07) is 26.9. The maximum Gasteiger partial charge on any atom is 0.308 e. The smallest absolute Gasteiger partial charge is 0.308 e. The van der Waals surface area contributed by atoms with Crippen molar-refractivity contribution in [1.82, 2.24) is 0 Å². The highest BCUT2D eigenvalue weighted by molar-refractivity contribution is 6.23. The Hall–Kier alpha value is -4.25. The fourth-order valence-corrected chi connectivity index (χ4v) is 5.89. The summed E-state index contributed by atoms with van der Waals surface area (Å²) in [4.78, 5) is 39.8. The first-order valence-corrected chi connectivity index (χ1v) is 11.7. The van der Waals surface area contributed by atoms with Crippen molar-refractivity contribution in [3.8, 4) is 5.75 Å². The van der Waals surface area contributed by atoms with Crippen LogP contribution in [0.3, 0.4) is 0 Å². The lowest BCUT2D eigenvalue weighted by atomic mass is 9.85. The number of allylic oxidation sites excluding steroid dienone is 3. The summed E-state index contributed by atoms with van der Waals surface area (Å²) in [6.07, 6.45) is 4.21. The number of carbonyl (C=O) groups excluding carboxylic acids is 3. The molecular weight excluding hydrogens is 438 g/mol. The lowest BCUT2D eigenvalue weighted by Crippen LogP contribution is -2.33. The highest BCUT2D eigenvalue weighted by Gasteiger charge is 2.62. The zero-order chi connectivity index (χ0) is 24.1. The Balaban J connectivity index is 1.41. The molecule has 4 atom stereocenters. The lowest BCUT2D eigenvalue weighted by Gasteiger charge is -2.21. The Morgan fingerprint density at radius 3 is 1.66 bits per heavy atom. The Labute approximate surface area is 203 Å². The second-order valence-corrected chi connectivity index (χ2v) is 9.15. The Kier molecular flexibility index (Phi) is 4.99. The molecule has 0 N–H and O–H groups in total. The highest BCUT2D eigenvalue weighted by atomic mass is 16.5. The quantitative estimate of drug-likeness (QED) is 0.236. The van der Waals surface area contributed by atoms with E-state index in [0.717, 1.165) is 22.3 Å². The summed E-state index contributed by atoms with van der Waals surface area (Å²) >= 11 is 0. The van der Waals surface area contributed by atoms with Crippen molar-refractivity contribution in [1.29, 1.82) is 0 Å². The van der Waals surface area contributed by atoms with Gasteiger partial charge in [-0.15, -0.1) is 0 Å². The van der Waals surface area contributed by atoms with Gasteiger partial charge in [0.05, 0.1) is 17.5 Å². The van der Waals surface area contributed by atoms with Crippen molar-refractivity contribution < 1.29 is 19.1 Å². The highest BCUT2D eigenvalue weighted by Crippen LogP contribution is 2.58. The van der Waals surface area contributed by atoms with Gasteiger partial charge in [0.2, 0.25) is 11.8 Å². The van der Waals surface area contributed by atoms with Crippen molar-refractivity contribution in [3.63, 3.8) is 0 Å². The summed E-state index contributed by atoms with van der Waals surface area (Å²) in [5.74, 6) is -1.46. The monoisotopic (exact) mass is 461 g/mol. The van der Waals surface area contributed by atoms with Crippen molar-refractivity contribution in [2.24, 2.45) is 23.7 Å². The molecule has 35 heavy (non-hydrogen) atoms. The number of benzene rings is 3. The van der Waals surface area contributed by atoms with E-state index in [1.807, 2.05) is 36.4 Å². The number of ether oxygens (including phenoxy) is 1. The van der Waals surface area contributed by atoms with Gasteiger partial charge < -0.3 is 4.74 Å². The second kappa shape index (κ2) is 8.20. The average molecular weight is 462 g/mol. The number of hydrogen-bond acceptors (Lipinski definition) is 4. The number of esters is 1. The van der Waals surface area contributed by atoms with E-state index < -0.39 is 17.8 Å². The molecule has 0 unspecified atom stereocenters. The van der Waals surface area contributed by atoms with Gasteiger partial charge in [0.1, 0.15) is 5.75 Å². The third-order valence-corrected chi connectivity index (χ3v) is 7.19. The van der Waals surface area contributed by atoms with Crippen LogP contribution >= 0.6 is 0 Å². The first-order chi connectivity index (χ1) is 17.0. The molecule has 1 heterocycles. The van der Waals surface area contributed by atoms with Gasteiger partial charge in [-0.2, -0.15) is 0 Å². The predicted octanol–water partition coefficient (Wildman–Crippen LogP) is 5.04. The van der Waals surface area contributed by atoms with Gasteiger partial charge >= 0.3 is 5.97 Å². The van der Waals surface area contributed by atoms with Crippen molar-refractivity contribution in [2.75, 3.05) is 4.90 Å². The Morgan fingerprint density at radius 1 is 0.714 bits per heavy atom. The molecule has 0 spiro atoms. The van der Waals surface area contributed by atoms with E-state index in [9.17, 15) is 14.4 Å². The molecule has 6 rings (SSSR count). The average Bonchev–Trinajstić information content (AvgIpc) is 3.50. The molecule has 0 radical (unpaired) electrons. The van der Waals surface area contributed by atoms with Crippen molar-refractivity contribution >= 4 is 29.0 Å². The summed E-state index contributed by atoms with van der Waals surface area (Å²) < 4.78 is 5.09. The standard InChI is InChI=1S/C30H23NO4/c1-18(32)35-22-14-12-21(13-15-22)31-29(33)27-23-16-17-24(28(27)30(31)34)26(23)25(19-8-4-2-5-9-19)20-10-6-3-7-11-20/h2-17,23-24,27-28H,1H3/t23-,24+,27+,28-. The van der Waals surface area contributed by atoms with E-state index in [4.69, 9.17) is 4.74 Å². The molecule has 3 aromatic rings. The maximum atomic E-state index is 13.7. The minimum Gasteiger partial charge on any atom is -0.427 e. The Bertz CT molecular complexity index is 1310. The molecule has 172 valence electrons. The van der Waals surface area contributed by atoms with Gasteiger partial charge in [0.15, 0.2) is 0 Å². The van der Waals surface area contributed by atoms with E-state index in [-0.39, 0.29) is 23.7 Å². The largest absolute Gasteiger partial charge is 0.427 e. The number of hydrogen-bond donors (Lipinski definition) is 0. The number of amides is 2. The minimum atomic E-state index is -0.421. The maximum absolute atomic E-state index is 13.7. The number of imide groups is 1. The molecular formula is C30H23NO4. The molecule has 2 aliphatic carbocycles. The summed E-state index contributed by atoms with van der Waals surface area (Å²) in [5, 5.41) is 0. The third-order valence-electron chi connectivity index (χ3n) is 7.19. The third kappa shape index (κ3) is 3.35. The van der Waals surface area contributed by atoms with Crippen LogP contribution in [-0.2, 0) is 14.4 Å². The first-order valence-electron chi connectivity index (χ1n) is 11.7. The van der Waals surface area contributed by atoms with Crippen LogP contribution in [0.15, 0.2) is 103 Å². The molecule has 2 amide bonds. The van der Waals surface area contributed by atoms with E-state index in [1.54, 1.807) is 24.3 Å². The van der Waals surface area contributed by atoms with Crippen LogP contribution in [-0.4, -0.2) is 17.8 Å². The number of fused-ring (bicyclic) bond motifs is 5. The van der Waals surface area contributed by atoms with E-state index >= 15 is 0 Å². The molecule has 0 aromatic heterocycles. The van der Waals surface area contributed by atoms with Crippen LogP contribution in [0.2, 0.25) is 0 Å². The van der Waals surface area contributed by atoms with Gasteiger partial charge in [-0.05, 0) is 46.5 Å². The number of carbonyl (C=O) groups is 3. The summed E-state index contributed by atoms with van der Waals surface area (Å²) in [6.45, 7) is 1.33. The number of rotatable bonds is 4. The zero-order valence-corrected chi connectivity index (χ0v) is 19.1. The van der Waals surface area contributed by atoms with Gasteiger partial charge in [-0.25, -0.2) is 4.90 Å². The summed E-state index contributed by atoms with van der Waals surface area (Å²) in [7, 11) is 0. The van der Waals surface area contributed by atoms with Crippen LogP contribution in [0.5, 0.6) is 5.75 Å². The fourth-order valence-electron chi connectivity index (χ4n) is 5.89.